The Bertz CT molecular complexity index is 1190. The first-order valence-electron chi connectivity index (χ1n) is 7.61. The SMILES string of the molecule is Cc1ccc(F)cc1NC(=O)c1cnn2c1[nH]c(=O)c1ccccc12. The van der Waals surface area contributed by atoms with Gasteiger partial charge in [0.05, 0.1) is 17.1 Å². The van der Waals surface area contributed by atoms with E-state index in [2.05, 4.69) is 15.4 Å². The summed E-state index contributed by atoms with van der Waals surface area (Å²) >= 11 is 0. The molecule has 0 saturated carbocycles. The van der Waals surface area contributed by atoms with Gasteiger partial charge in [-0.2, -0.15) is 5.10 Å². The highest BCUT2D eigenvalue weighted by atomic mass is 19.1. The van der Waals surface area contributed by atoms with Gasteiger partial charge in [0.15, 0.2) is 0 Å². The van der Waals surface area contributed by atoms with Crippen LogP contribution in [0.4, 0.5) is 10.1 Å². The maximum Gasteiger partial charge on any atom is 0.261 e. The highest BCUT2D eigenvalue weighted by molar-refractivity contribution is 6.08. The monoisotopic (exact) mass is 336 g/mol. The average molecular weight is 336 g/mol. The van der Waals surface area contributed by atoms with E-state index in [9.17, 15) is 14.0 Å². The number of aryl methyl sites for hydroxylation is 1. The van der Waals surface area contributed by atoms with Gasteiger partial charge in [-0.1, -0.05) is 18.2 Å². The molecule has 2 heterocycles. The van der Waals surface area contributed by atoms with Crippen LogP contribution in [0, 0.1) is 12.7 Å². The number of rotatable bonds is 2. The van der Waals surface area contributed by atoms with Crippen molar-refractivity contribution in [3.63, 3.8) is 0 Å². The van der Waals surface area contributed by atoms with Crippen LogP contribution in [0.15, 0.2) is 53.5 Å². The zero-order valence-corrected chi connectivity index (χ0v) is 13.2. The number of halogens is 1. The Morgan fingerprint density at radius 2 is 2.04 bits per heavy atom. The maximum atomic E-state index is 13.4. The summed E-state index contributed by atoms with van der Waals surface area (Å²) in [7, 11) is 0. The molecule has 0 atom stereocenters. The highest BCUT2D eigenvalue weighted by Crippen LogP contribution is 2.19. The van der Waals surface area contributed by atoms with E-state index in [4.69, 9.17) is 0 Å². The number of carbonyl (C=O) groups is 1. The maximum absolute atomic E-state index is 13.4. The third kappa shape index (κ3) is 2.46. The number of nitrogens with zero attached hydrogens (tertiary/aromatic N) is 2. The largest absolute Gasteiger partial charge is 0.321 e. The lowest BCUT2D eigenvalue weighted by atomic mass is 10.2. The number of H-pyrrole nitrogens is 1. The van der Waals surface area contributed by atoms with E-state index < -0.39 is 11.7 Å². The summed E-state index contributed by atoms with van der Waals surface area (Å²) in [5.41, 5.74) is 1.88. The molecule has 2 N–H and O–H groups in total. The molecule has 0 unspecified atom stereocenters. The zero-order chi connectivity index (χ0) is 17.6. The number of aromatic nitrogens is 3. The lowest BCUT2D eigenvalue weighted by molar-refractivity contribution is 0.102. The minimum atomic E-state index is -0.477. The fourth-order valence-electron chi connectivity index (χ4n) is 2.76. The summed E-state index contributed by atoms with van der Waals surface area (Å²) in [6.07, 6.45) is 1.38. The van der Waals surface area contributed by atoms with Crippen molar-refractivity contribution in [1.82, 2.24) is 14.6 Å². The standard InChI is InChI=1S/C18H13FN4O2/c1-10-6-7-11(19)8-14(10)21-18(25)13-9-20-23-15-5-3-2-4-12(15)17(24)22-16(13)23/h2-9H,1H3,(H,21,25)(H,22,24). The second kappa shape index (κ2) is 5.55. The third-order valence-corrected chi connectivity index (χ3v) is 4.07. The smallest absolute Gasteiger partial charge is 0.261 e. The summed E-state index contributed by atoms with van der Waals surface area (Å²) in [6.45, 7) is 1.76. The van der Waals surface area contributed by atoms with Crippen LogP contribution in [0.25, 0.3) is 16.6 Å². The number of amides is 1. The predicted octanol–water partition coefficient (Wildman–Crippen LogP) is 2.88. The van der Waals surface area contributed by atoms with Crippen LogP contribution >= 0.6 is 0 Å². The molecule has 4 rings (SSSR count). The first-order valence-corrected chi connectivity index (χ1v) is 7.61. The molecule has 0 aliphatic rings. The Morgan fingerprint density at radius 1 is 1.24 bits per heavy atom. The Hall–Kier alpha value is -3.48. The molecule has 2 aromatic carbocycles. The van der Waals surface area contributed by atoms with E-state index in [1.54, 1.807) is 37.3 Å². The molecule has 0 spiro atoms. The topological polar surface area (TPSA) is 79.3 Å². The Labute approximate surface area is 140 Å². The number of hydrogen-bond donors (Lipinski definition) is 2. The molecule has 4 aromatic rings. The summed E-state index contributed by atoms with van der Waals surface area (Å²) in [5.74, 6) is -0.921. The molecule has 0 radical (unpaired) electrons. The molecule has 0 bridgehead atoms. The molecule has 124 valence electrons. The van der Waals surface area contributed by atoms with Crippen molar-refractivity contribution < 1.29 is 9.18 Å². The molecule has 25 heavy (non-hydrogen) atoms. The third-order valence-electron chi connectivity index (χ3n) is 4.07. The van der Waals surface area contributed by atoms with Crippen LogP contribution < -0.4 is 10.9 Å². The molecule has 0 aliphatic heterocycles. The van der Waals surface area contributed by atoms with Gasteiger partial charge in [0.1, 0.15) is 17.0 Å². The first kappa shape index (κ1) is 15.1. The normalized spacial score (nSPS) is 11.1. The number of carbonyl (C=O) groups excluding carboxylic acids is 1. The van der Waals surface area contributed by atoms with Gasteiger partial charge in [-0.05, 0) is 36.8 Å². The second-order valence-electron chi connectivity index (χ2n) is 5.70. The van der Waals surface area contributed by atoms with Crippen molar-refractivity contribution in [3.05, 3.63) is 76.0 Å². The van der Waals surface area contributed by atoms with Crippen molar-refractivity contribution in [1.29, 1.82) is 0 Å². The fraction of sp³-hybridized carbons (Fsp3) is 0.0556. The fourth-order valence-corrected chi connectivity index (χ4v) is 2.76. The van der Waals surface area contributed by atoms with E-state index >= 15 is 0 Å². The van der Waals surface area contributed by atoms with Crippen molar-refractivity contribution >= 4 is 28.1 Å². The van der Waals surface area contributed by atoms with Crippen LogP contribution in [0.2, 0.25) is 0 Å². The van der Waals surface area contributed by atoms with E-state index in [1.807, 2.05) is 0 Å². The summed E-state index contributed by atoms with van der Waals surface area (Å²) in [4.78, 5) is 27.5. The van der Waals surface area contributed by atoms with Crippen LogP contribution in [0.3, 0.4) is 0 Å². The van der Waals surface area contributed by atoms with Gasteiger partial charge in [-0.15, -0.1) is 0 Å². The van der Waals surface area contributed by atoms with Gasteiger partial charge in [-0.25, -0.2) is 8.91 Å². The Morgan fingerprint density at radius 3 is 2.88 bits per heavy atom. The van der Waals surface area contributed by atoms with Crippen molar-refractivity contribution in [2.75, 3.05) is 5.32 Å². The van der Waals surface area contributed by atoms with Gasteiger partial charge in [0.2, 0.25) is 0 Å². The molecule has 0 aliphatic carbocycles. The van der Waals surface area contributed by atoms with E-state index in [-0.39, 0.29) is 16.8 Å². The van der Waals surface area contributed by atoms with Crippen molar-refractivity contribution in [2.24, 2.45) is 0 Å². The van der Waals surface area contributed by atoms with Gasteiger partial charge in [0, 0.05) is 5.69 Å². The molecule has 1 amide bonds. The first-order chi connectivity index (χ1) is 12.0. The summed E-state index contributed by atoms with van der Waals surface area (Å²) in [5, 5.41) is 7.34. The second-order valence-corrected chi connectivity index (χ2v) is 5.70. The highest BCUT2D eigenvalue weighted by Gasteiger charge is 2.17. The molecular formula is C18H13FN4O2. The van der Waals surface area contributed by atoms with Gasteiger partial charge in [-0.3, -0.25) is 9.59 Å². The summed E-state index contributed by atoms with van der Waals surface area (Å²) in [6, 6.07) is 11.1. The average Bonchev–Trinajstić information content (AvgIpc) is 3.02. The minimum absolute atomic E-state index is 0.200. The zero-order valence-electron chi connectivity index (χ0n) is 13.2. The van der Waals surface area contributed by atoms with E-state index in [0.717, 1.165) is 5.56 Å². The molecule has 2 aromatic heterocycles. The van der Waals surface area contributed by atoms with Crippen LogP contribution in [-0.4, -0.2) is 20.5 Å². The predicted molar refractivity (Wildman–Crippen MR) is 92.4 cm³/mol. The van der Waals surface area contributed by atoms with Crippen molar-refractivity contribution in [3.8, 4) is 0 Å². The number of benzene rings is 2. The number of nitrogens with one attached hydrogen (secondary N) is 2. The molecule has 0 saturated heterocycles. The van der Waals surface area contributed by atoms with Crippen LogP contribution in [0.5, 0.6) is 0 Å². The Kier molecular flexibility index (Phi) is 3.35. The van der Waals surface area contributed by atoms with Gasteiger partial charge in [0.25, 0.3) is 11.5 Å². The molecule has 7 heteroatoms. The van der Waals surface area contributed by atoms with E-state index in [0.29, 0.717) is 16.6 Å². The lowest BCUT2D eigenvalue weighted by Gasteiger charge is -2.08. The summed E-state index contributed by atoms with van der Waals surface area (Å²) < 4.78 is 14.9. The number of aromatic amines is 1. The molecular weight excluding hydrogens is 323 g/mol. The molecule has 0 fully saturated rings. The van der Waals surface area contributed by atoms with Crippen LogP contribution in [0.1, 0.15) is 15.9 Å². The van der Waals surface area contributed by atoms with E-state index in [1.165, 1.54) is 22.8 Å². The quantitative estimate of drug-likeness (QED) is 0.591. The van der Waals surface area contributed by atoms with Crippen LogP contribution in [-0.2, 0) is 0 Å². The number of fused-ring (bicyclic) bond motifs is 3. The molecule has 6 nitrogen and oxygen atoms in total. The minimum Gasteiger partial charge on any atom is -0.321 e. The lowest BCUT2D eigenvalue weighted by Crippen LogP contribution is -2.15. The Balaban J connectivity index is 1.83. The number of anilines is 1. The van der Waals surface area contributed by atoms with Gasteiger partial charge >= 0.3 is 0 Å². The van der Waals surface area contributed by atoms with Gasteiger partial charge < -0.3 is 10.3 Å². The number of para-hydroxylation sites is 1. The number of hydrogen-bond acceptors (Lipinski definition) is 3. The van der Waals surface area contributed by atoms with Crippen molar-refractivity contribution in [2.45, 2.75) is 6.92 Å².